The van der Waals surface area contributed by atoms with Crippen LogP contribution in [0.25, 0.3) is 0 Å². The van der Waals surface area contributed by atoms with Gasteiger partial charge in [0.05, 0.1) is 23.8 Å². The topological polar surface area (TPSA) is 103 Å². The molecule has 1 amide bonds. The number of carbonyl (C=O) groups is 1. The first-order chi connectivity index (χ1) is 16.4. The molecule has 1 heterocycles. The quantitative estimate of drug-likeness (QED) is 0.471. The molecule has 3 aromatic rings. The number of hydrogen-bond acceptors (Lipinski definition) is 6. The van der Waals surface area contributed by atoms with E-state index in [1.165, 1.54) is 31.4 Å². The van der Waals surface area contributed by atoms with Crippen molar-refractivity contribution in [1.29, 1.82) is 0 Å². The maximum Gasteiger partial charge on any atom is 0.262 e. The minimum absolute atomic E-state index is 0.0273. The number of para-hydroxylation sites is 2. The van der Waals surface area contributed by atoms with Gasteiger partial charge in [0.15, 0.2) is 0 Å². The molecule has 1 atom stereocenters. The van der Waals surface area contributed by atoms with Gasteiger partial charge in [-0.3, -0.25) is 9.52 Å². The number of hydrogen-bond donors (Lipinski definition) is 2. The lowest BCUT2D eigenvalue weighted by atomic mass is 10.2. The van der Waals surface area contributed by atoms with E-state index in [-0.39, 0.29) is 16.9 Å². The minimum atomic E-state index is -3.85. The molecule has 0 spiro atoms. The van der Waals surface area contributed by atoms with E-state index in [4.69, 9.17) is 14.2 Å². The average Bonchev–Trinajstić information content (AvgIpc) is 3.37. The van der Waals surface area contributed by atoms with Crippen LogP contribution in [0.5, 0.6) is 11.5 Å². The molecule has 8 nitrogen and oxygen atoms in total. The van der Waals surface area contributed by atoms with Crippen LogP contribution in [0.15, 0.2) is 77.7 Å². The summed E-state index contributed by atoms with van der Waals surface area (Å²) in [5.41, 5.74) is 1.22. The first-order valence-corrected chi connectivity index (χ1v) is 12.3. The maximum atomic E-state index is 12.7. The maximum absolute atomic E-state index is 12.7. The zero-order valence-corrected chi connectivity index (χ0v) is 19.5. The Morgan fingerprint density at radius 2 is 1.85 bits per heavy atom. The highest BCUT2D eigenvalue weighted by molar-refractivity contribution is 7.92. The van der Waals surface area contributed by atoms with E-state index in [1.54, 1.807) is 42.5 Å². The second-order valence-corrected chi connectivity index (χ2v) is 9.44. The van der Waals surface area contributed by atoms with Crippen molar-refractivity contribution in [2.24, 2.45) is 0 Å². The first-order valence-electron chi connectivity index (χ1n) is 10.9. The van der Waals surface area contributed by atoms with Crippen LogP contribution in [0.2, 0.25) is 0 Å². The highest BCUT2D eigenvalue weighted by atomic mass is 32.2. The smallest absolute Gasteiger partial charge is 0.262 e. The zero-order chi connectivity index (χ0) is 24.0. The van der Waals surface area contributed by atoms with Gasteiger partial charge in [0.1, 0.15) is 18.1 Å². The standard InChI is InChI=1S/C25H26N2O6S/c1-31-24-10-3-2-9-23(24)27-34(29,30)22-13-11-18(12-14-22)25(28)26-19-6-4-7-20(16-19)33-17-21-8-5-15-32-21/h2-4,6-7,9-14,16,21,27H,5,8,15,17H2,1H3,(H,26,28). The number of methoxy groups -OCH3 is 1. The summed E-state index contributed by atoms with van der Waals surface area (Å²) in [7, 11) is -2.39. The van der Waals surface area contributed by atoms with Crippen molar-refractivity contribution in [2.45, 2.75) is 23.8 Å². The Bertz CT molecular complexity index is 1240. The van der Waals surface area contributed by atoms with E-state index in [2.05, 4.69) is 10.0 Å². The lowest BCUT2D eigenvalue weighted by Crippen LogP contribution is -2.16. The Morgan fingerprint density at radius 3 is 2.59 bits per heavy atom. The van der Waals surface area contributed by atoms with Gasteiger partial charge < -0.3 is 19.5 Å². The van der Waals surface area contributed by atoms with Crippen molar-refractivity contribution in [1.82, 2.24) is 0 Å². The number of nitrogens with one attached hydrogen (secondary N) is 2. The van der Waals surface area contributed by atoms with Gasteiger partial charge in [-0.25, -0.2) is 8.42 Å². The predicted molar refractivity (Wildman–Crippen MR) is 129 cm³/mol. The molecule has 9 heteroatoms. The fourth-order valence-electron chi connectivity index (χ4n) is 3.55. The number of ether oxygens (including phenoxy) is 3. The third kappa shape index (κ3) is 5.86. The third-order valence-electron chi connectivity index (χ3n) is 5.33. The molecular weight excluding hydrogens is 456 g/mol. The summed E-state index contributed by atoms with van der Waals surface area (Å²) in [6.45, 7) is 1.23. The molecule has 1 fully saturated rings. The summed E-state index contributed by atoms with van der Waals surface area (Å²) < 4.78 is 44.5. The summed E-state index contributed by atoms with van der Waals surface area (Å²) in [6, 6.07) is 19.5. The summed E-state index contributed by atoms with van der Waals surface area (Å²) in [4.78, 5) is 12.7. The lowest BCUT2D eigenvalue weighted by Gasteiger charge is -2.13. The fourth-order valence-corrected chi connectivity index (χ4v) is 4.62. The van der Waals surface area contributed by atoms with Gasteiger partial charge in [0, 0.05) is 23.9 Å². The second kappa shape index (κ2) is 10.6. The van der Waals surface area contributed by atoms with Crippen LogP contribution in [-0.4, -0.2) is 40.8 Å². The van der Waals surface area contributed by atoms with Gasteiger partial charge in [-0.15, -0.1) is 0 Å². The normalized spacial score (nSPS) is 15.5. The van der Waals surface area contributed by atoms with Gasteiger partial charge in [-0.2, -0.15) is 0 Å². The molecule has 0 aliphatic carbocycles. The van der Waals surface area contributed by atoms with E-state index in [9.17, 15) is 13.2 Å². The van der Waals surface area contributed by atoms with Crippen molar-refractivity contribution in [3.8, 4) is 11.5 Å². The monoisotopic (exact) mass is 482 g/mol. The molecule has 3 aromatic carbocycles. The van der Waals surface area contributed by atoms with E-state index in [0.717, 1.165) is 19.4 Å². The SMILES string of the molecule is COc1ccccc1NS(=O)(=O)c1ccc(C(=O)Nc2cccc(OCC3CCCO3)c2)cc1. The molecule has 34 heavy (non-hydrogen) atoms. The molecule has 0 bridgehead atoms. The zero-order valence-electron chi connectivity index (χ0n) is 18.7. The Labute approximate surface area is 198 Å². The number of anilines is 2. The predicted octanol–water partition coefficient (Wildman–Crippen LogP) is 4.31. The summed E-state index contributed by atoms with van der Waals surface area (Å²) in [6.07, 6.45) is 2.13. The van der Waals surface area contributed by atoms with Crippen molar-refractivity contribution >= 4 is 27.3 Å². The third-order valence-corrected chi connectivity index (χ3v) is 6.71. The molecule has 0 radical (unpaired) electrons. The Balaban J connectivity index is 1.39. The van der Waals surface area contributed by atoms with E-state index >= 15 is 0 Å². The van der Waals surface area contributed by atoms with Gasteiger partial charge in [-0.1, -0.05) is 18.2 Å². The average molecular weight is 483 g/mol. The fraction of sp³-hybridized carbons (Fsp3) is 0.240. The highest BCUT2D eigenvalue weighted by Crippen LogP contribution is 2.26. The largest absolute Gasteiger partial charge is 0.495 e. The minimum Gasteiger partial charge on any atom is -0.495 e. The molecule has 2 N–H and O–H groups in total. The Morgan fingerprint density at radius 1 is 1.06 bits per heavy atom. The number of sulfonamides is 1. The number of carbonyl (C=O) groups excluding carboxylic acids is 1. The van der Waals surface area contributed by atoms with Gasteiger partial charge in [0.25, 0.3) is 15.9 Å². The van der Waals surface area contributed by atoms with Crippen LogP contribution in [0.1, 0.15) is 23.2 Å². The molecule has 0 aromatic heterocycles. The summed E-state index contributed by atoms with van der Waals surface area (Å²) in [5.74, 6) is 0.680. The molecule has 1 aliphatic rings. The van der Waals surface area contributed by atoms with E-state index in [0.29, 0.717) is 35.0 Å². The molecule has 1 unspecified atom stereocenters. The van der Waals surface area contributed by atoms with Crippen LogP contribution < -0.4 is 19.5 Å². The van der Waals surface area contributed by atoms with Gasteiger partial charge >= 0.3 is 0 Å². The molecular formula is C25H26N2O6S. The first kappa shape index (κ1) is 23.6. The van der Waals surface area contributed by atoms with Crippen molar-refractivity contribution in [2.75, 3.05) is 30.4 Å². The number of amides is 1. The van der Waals surface area contributed by atoms with E-state index < -0.39 is 10.0 Å². The van der Waals surface area contributed by atoms with Crippen LogP contribution in [0.4, 0.5) is 11.4 Å². The molecule has 0 saturated carbocycles. The highest BCUT2D eigenvalue weighted by Gasteiger charge is 2.18. The van der Waals surface area contributed by atoms with Crippen LogP contribution in [-0.2, 0) is 14.8 Å². The van der Waals surface area contributed by atoms with Crippen molar-refractivity contribution in [3.05, 3.63) is 78.4 Å². The van der Waals surface area contributed by atoms with Crippen molar-refractivity contribution < 1.29 is 27.4 Å². The van der Waals surface area contributed by atoms with Gasteiger partial charge in [-0.05, 0) is 61.4 Å². The van der Waals surface area contributed by atoms with Crippen molar-refractivity contribution in [3.63, 3.8) is 0 Å². The summed E-state index contributed by atoms with van der Waals surface area (Å²) in [5, 5.41) is 2.81. The molecule has 1 saturated heterocycles. The van der Waals surface area contributed by atoms with Gasteiger partial charge in [0.2, 0.25) is 0 Å². The molecule has 4 rings (SSSR count). The number of rotatable bonds is 9. The van der Waals surface area contributed by atoms with Crippen LogP contribution in [0.3, 0.4) is 0 Å². The Kier molecular flexibility index (Phi) is 7.34. The van der Waals surface area contributed by atoms with Crippen LogP contribution >= 0.6 is 0 Å². The van der Waals surface area contributed by atoms with Crippen LogP contribution in [0, 0.1) is 0 Å². The van der Waals surface area contributed by atoms with E-state index in [1.807, 2.05) is 6.07 Å². The summed E-state index contributed by atoms with van der Waals surface area (Å²) >= 11 is 0. The second-order valence-electron chi connectivity index (χ2n) is 7.76. The number of benzene rings is 3. The molecule has 1 aliphatic heterocycles. The molecule has 178 valence electrons. The Hall–Kier alpha value is -3.56. The lowest BCUT2D eigenvalue weighted by molar-refractivity contribution is 0.0680.